The van der Waals surface area contributed by atoms with Gasteiger partial charge in [-0.1, -0.05) is 6.07 Å². The van der Waals surface area contributed by atoms with E-state index in [-0.39, 0.29) is 17.0 Å². The van der Waals surface area contributed by atoms with Crippen molar-refractivity contribution in [2.45, 2.75) is 31.2 Å². The molecule has 0 saturated carbocycles. The average molecular weight is 346 g/mol. The largest absolute Gasteiger partial charge is 0.573 e. The lowest BCUT2D eigenvalue weighted by Crippen LogP contribution is -2.31. The Morgan fingerprint density at radius 3 is 2.67 bits per heavy atom. The number of aromatic amines is 1. The van der Waals surface area contributed by atoms with Gasteiger partial charge >= 0.3 is 6.36 Å². The first-order valence-corrected chi connectivity index (χ1v) is 7.29. The number of rotatable bonds is 3. The second-order valence-electron chi connectivity index (χ2n) is 5.57. The summed E-state index contributed by atoms with van der Waals surface area (Å²) in [6.45, 7) is 0.560. The molecular formula is C15H14F4N2O3. The van der Waals surface area contributed by atoms with Crippen LogP contribution in [0.25, 0.3) is 0 Å². The van der Waals surface area contributed by atoms with Crippen LogP contribution in [0.1, 0.15) is 36.1 Å². The predicted octanol–water partition coefficient (Wildman–Crippen LogP) is 3.21. The molecule has 9 heteroatoms. The normalized spacial score (nSPS) is 21.7. The van der Waals surface area contributed by atoms with Crippen molar-refractivity contribution in [3.8, 4) is 5.75 Å². The zero-order valence-corrected chi connectivity index (χ0v) is 12.3. The lowest BCUT2D eigenvalue weighted by Gasteiger charge is -2.29. The number of nitrogens with one attached hydrogen (secondary N) is 2. The van der Waals surface area contributed by atoms with Gasteiger partial charge in [0.25, 0.3) is 5.56 Å². The summed E-state index contributed by atoms with van der Waals surface area (Å²) in [6, 6.07) is 4.01. The highest BCUT2D eigenvalue weighted by Crippen LogP contribution is 2.35. The number of ether oxygens (including phenoxy) is 1. The van der Waals surface area contributed by atoms with E-state index in [1.54, 1.807) is 0 Å². The van der Waals surface area contributed by atoms with Gasteiger partial charge < -0.3 is 14.6 Å². The first-order valence-electron chi connectivity index (χ1n) is 7.29. The standard InChI is InChI=1S/C15H14F4N2O3/c16-11-6-9(23-15(17,18)19)1-2-10(11)12-5-8(3-4-20-12)13-7-14(22)21-24-13/h1-2,6-8,12,20H,3-5H2,(H,21,22). The van der Waals surface area contributed by atoms with Crippen LogP contribution in [0.5, 0.6) is 5.75 Å². The molecule has 1 saturated heterocycles. The molecule has 3 rings (SSSR count). The third kappa shape index (κ3) is 3.78. The highest BCUT2D eigenvalue weighted by molar-refractivity contribution is 5.31. The van der Waals surface area contributed by atoms with Crippen LogP contribution < -0.4 is 15.6 Å². The number of aromatic nitrogens is 1. The summed E-state index contributed by atoms with van der Waals surface area (Å²) in [5.41, 5.74) is -0.105. The fourth-order valence-electron chi connectivity index (χ4n) is 2.90. The Labute approximate surface area is 133 Å². The molecule has 2 atom stereocenters. The maximum absolute atomic E-state index is 14.2. The van der Waals surface area contributed by atoms with Gasteiger partial charge in [0.05, 0.1) is 0 Å². The topological polar surface area (TPSA) is 67.3 Å². The summed E-state index contributed by atoms with van der Waals surface area (Å²) in [5, 5.41) is 5.33. The van der Waals surface area contributed by atoms with E-state index in [9.17, 15) is 22.4 Å². The Balaban J connectivity index is 1.77. The maximum atomic E-state index is 14.2. The third-order valence-electron chi connectivity index (χ3n) is 3.93. The van der Waals surface area contributed by atoms with E-state index >= 15 is 0 Å². The van der Waals surface area contributed by atoms with E-state index < -0.39 is 24.0 Å². The summed E-state index contributed by atoms with van der Waals surface area (Å²) >= 11 is 0. The van der Waals surface area contributed by atoms with Gasteiger partial charge in [0.2, 0.25) is 0 Å². The van der Waals surface area contributed by atoms with Gasteiger partial charge in [0.1, 0.15) is 17.3 Å². The summed E-state index contributed by atoms with van der Waals surface area (Å²) in [6.07, 6.45) is -3.71. The minimum atomic E-state index is -4.87. The van der Waals surface area contributed by atoms with Crippen LogP contribution in [0, 0.1) is 5.82 Å². The van der Waals surface area contributed by atoms with E-state index in [0.717, 1.165) is 6.07 Å². The van der Waals surface area contributed by atoms with Crippen molar-refractivity contribution in [1.82, 2.24) is 10.5 Å². The molecule has 0 spiro atoms. The summed E-state index contributed by atoms with van der Waals surface area (Å²) in [4.78, 5) is 11.2. The second kappa shape index (κ2) is 6.31. The number of H-pyrrole nitrogens is 1. The SMILES string of the molecule is O=c1cc(C2CCNC(c3ccc(OC(F)(F)F)cc3F)C2)o[nH]1. The molecule has 24 heavy (non-hydrogen) atoms. The molecule has 5 nitrogen and oxygen atoms in total. The number of piperidine rings is 1. The van der Waals surface area contributed by atoms with E-state index in [0.29, 0.717) is 31.2 Å². The molecule has 130 valence electrons. The van der Waals surface area contributed by atoms with Crippen LogP contribution in [0.3, 0.4) is 0 Å². The van der Waals surface area contributed by atoms with Crippen LogP contribution in [-0.4, -0.2) is 18.1 Å². The molecule has 0 aliphatic carbocycles. The van der Waals surface area contributed by atoms with Crippen LogP contribution in [0.4, 0.5) is 17.6 Å². The molecule has 0 amide bonds. The van der Waals surface area contributed by atoms with E-state index in [1.165, 1.54) is 12.1 Å². The van der Waals surface area contributed by atoms with E-state index in [4.69, 9.17) is 4.52 Å². The molecule has 2 aromatic rings. The fourth-order valence-corrected chi connectivity index (χ4v) is 2.90. The fraction of sp³-hybridized carbons (Fsp3) is 0.400. The summed E-state index contributed by atoms with van der Waals surface area (Å²) in [5.74, 6) is -0.984. The van der Waals surface area contributed by atoms with Crippen molar-refractivity contribution < 1.29 is 26.8 Å². The lowest BCUT2D eigenvalue weighted by atomic mass is 9.87. The molecule has 2 heterocycles. The summed E-state index contributed by atoms with van der Waals surface area (Å²) in [7, 11) is 0. The van der Waals surface area contributed by atoms with Crippen LogP contribution in [0.15, 0.2) is 33.6 Å². The molecule has 1 fully saturated rings. The van der Waals surface area contributed by atoms with Gasteiger partial charge in [0.15, 0.2) is 0 Å². The Kier molecular flexibility index (Phi) is 4.35. The van der Waals surface area contributed by atoms with E-state index in [2.05, 4.69) is 15.2 Å². The van der Waals surface area contributed by atoms with Gasteiger partial charge in [-0.25, -0.2) is 4.39 Å². The minimum absolute atomic E-state index is 0.0827. The van der Waals surface area contributed by atoms with Gasteiger partial charge in [-0.05, 0) is 25.5 Å². The van der Waals surface area contributed by atoms with Crippen LogP contribution >= 0.6 is 0 Å². The first kappa shape index (κ1) is 16.6. The smallest absolute Gasteiger partial charge is 0.406 e. The first-order chi connectivity index (χ1) is 11.3. The molecule has 1 aliphatic rings. The number of benzene rings is 1. The molecule has 1 aromatic carbocycles. The molecule has 1 aromatic heterocycles. The predicted molar refractivity (Wildman–Crippen MR) is 75.1 cm³/mol. The van der Waals surface area contributed by atoms with Crippen molar-refractivity contribution >= 4 is 0 Å². The maximum Gasteiger partial charge on any atom is 0.573 e. The Morgan fingerprint density at radius 2 is 2.04 bits per heavy atom. The van der Waals surface area contributed by atoms with Crippen molar-refractivity contribution in [2.75, 3.05) is 6.54 Å². The van der Waals surface area contributed by atoms with Gasteiger partial charge in [-0.3, -0.25) is 4.79 Å². The van der Waals surface area contributed by atoms with Gasteiger partial charge in [-0.2, -0.15) is 5.16 Å². The quantitative estimate of drug-likeness (QED) is 0.838. The number of hydrogen-bond donors (Lipinski definition) is 2. The number of hydrogen-bond acceptors (Lipinski definition) is 4. The Bertz CT molecular complexity index is 769. The monoisotopic (exact) mass is 346 g/mol. The van der Waals surface area contributed by atoms with Crippen LogP contribution in [-0.2, 0) is 0 Å². The van der Waals surface area contributed by atoms with E-state index in [1.807, 2.05) is 0 Å². The summed E-state index contributed by atoms with van der Waals surface area (Å²) < 4.78 is 59.5. The van der Waals surface area contributed by atoms with Crippen molar-refractivity contribution in [2.24, 2.45) is 0 Å². The highest BCUT2D eigenvalue weighted by Gasteiger charge is 2.32. The number of alkyl halides is 3. The lowest BCUT2D eigenvalue weighted by molar-refractivity contribution is -0.274. The molecule has 1 aliphatic heterocycles. The highest BCUT2D eigenvalue weighted by atomic mass is 19.4. The van der Waals surface area contributed by atoms with Crippen molar-refractivity contribution in [3.05, 3.63) is 51.8 Å². The molecule has 2 N–H and O–H groups in total. The Hall–Kier alpha value is -2.29. The molecule has 2 unspecified atom stereocenters. The van der Waals surface area contributed by atoms with Crippen molar-refractivity contribution in [1.29, 1.82) is 0 Å². The second-order valence-corrected chi connectivity index (χ2v) is 5.57. The van der Waals surface area contributed by atoms with Crippen molar-refractivity contribution in [3.63, 3.8) is 0 Å². The van der Waals surface area contributed by atoms with Gasteiger partial charge in [-0.15, -0.1) is 13.2 Å². The average Bonchev–Trinajstić information content (AvgIpc) is 2.92. The zero-order valence-electron chi connectivity index (χ0n) is 12.3. The minimum Gasteiger partial charge on any atom is -0.406 e. The number of halogens is 4. The van der Waals surface area contributed by atoms with Gasteiger partial charge in [0, 0.05) is 29.7 Å². The Morgan fingerprint density at radius 1 is 1.25 bits per heavy atom. The third-order valence-corrected chi connectivity index (χ3v) is 3.93. The van der Waals surface area contributed by atoms with Crippen LogP contribution in [0.2, 0.25) is 0 Å². The molecule has 0 radical (unpaired) electrons. The zero-order chi connectivity index (χ0) is 17.3. The molecular weight excluding hydrogens is 332 g/mol. The molecule has 0 bridgehead atoms.